The third-order valence-electron chi connectivity index (χ3n) is 3.93. The second kappa shape index (κ2) is 10.2. The lowest BCUT2D eigenvalue weighted by Gasteiger charge is -2.21. The van der Waals surface area contributed by atoms with Crippen molar-refractivity contribution in [1.82, 2.24) is 5.32 Å². The summed E-state index contributed by atoms with van der Waals surface area (Å²) < 4.78 is 5.54. The van der Waals surface area contributed by atoms with E-state index in [1.54, 1.807) is 35.6 Å². The van der Waals surface area contributed by atoms with Gasteiger partial charge in [-0.1, -0.05) is 24.8 Å². The molecule has 2 heterocycles. The average Bonchev–Trinajstić information content (AvgIpc) is 3.26. The molecule has 0 bridgehead atoms. The van der Waals surface area contributed by atoms with E-state index < -0.39 is 5.25 Å². The third kappa shape index (κ3) is 6.16. The molecule has 0 unspecified atom stereocenters. The van der Waals surface area contributed by atoms with Crippen LogP contribution in [0.15, 0.2) is 52.0 Å². The second-order valence-corrected chi connectivity index (χ2v) is 8.43. The Kier molecular flexibility index (Phi) is 7.42. The van der Waals surface area contributed by atoms with Crippen LogP contribution in [0.25, 0.3) is 0 Å². The molecule has 1 fully saturated rings. The second-order valence-electron chi connectivity index (χ2n) is 6.29. The van der Waals surface area contributed by atoms with Gasteiger partial charge in [-0.3, -0.25) is 9.59 Å². The largest absolute Gasteiger partial charge is 0.494 e. The number of thioether (sulfide) groups is 1. The number of nitrogens with zero attached hydrogens (tertiary/aromatic N) is 2. The van der Waals surface area contributed by atoms with Crippen LogP contribution in [0.3, 0.4) is 0 Å². The van der Waals surface area contributed by atoms with E-state index in [-0.39, 0.29) is 18.2 Å². The lowest BCUT2D eigenvalue weighted by Crippen LogP contribution is -2.41. The van der Waals surface area contributed by atoms with Crippen LogP contribution in [-0.4, -0.2) is 34.6 Å². The summed E-state index contributed by atoms with van der Waals surface area (Å²) >= 11 is 2.76. The van der Waals surface area contributed by atoms with Crippen LogP contribution in [0.4, 0.5) is 5.69 Å². The van der Waals surface area contributed by atoms with Gasteiger partial charge >= 0.3 is 0 Å². The number of amides is 2. The predicted molar refractivity (Wildman–Crippen MR) is 119 cm³/mol. The van der Waals surface area contributed by atoms with Crippen molar-refractivity contribution in [2.24, 2.45) is 10.2 Å². The lowest BCUT2D eigenvalue weighted by atomic mass is 10.2. The molecule has 1 aliphatic rings. The molecule has 9 heteroatoms. The van der Waals surface area contributed by atoms with Gasteiger partial charge < -0.3 is 15.4 Å². The number of ether oxygens (including phenoxy) is 1. The Morgan fingerprint density at radius 3 is 2.79 bits per heavy atom. The van der Waals surface area contributed by atoms with Crippen molar-refractivity contribution in [3.8, 4) is 5.75 Å². The number of thiophene rings is 1. The van der Waals surface area contributed by atoms with E-state index in [4.69, 9.17) is 4.74 Å². The Morgan fingerprint density at radius 2 is 2.10 bits per heavy atom. The highest BCUT2D eigenvalue weighted by Gasteiger charge is 2.30. The van der Waals surface area contributed by atoms with Crippen molar-refractivity contribution in [2.75, 3.05) is 11.9 Å². The number of nitrogens with one attached hydrogen (secondary N) is 2. The number of anilines is 1. The zero-order valence-corrected chi connectivity index (χ0v) is 17.8. The monoisotopic (exact) mass is 430 g/mol. The number of carbonyl (C=O) groups is 2. The SMILES string of the molecule is CCCOc1ccc(NC(=O)[C@@H]2CC(=O)N/C(=N/N=C(/C)c3cccs3)S2)cc1. The summed E-state index contributed by atoms with van der Waals surface area (Å²) in [6.45, 7) is 4.54. The summed E-state index contributed by atoms with van der Waals surface area (Å²) in [5.41, 5.74) is 1.40. The topological polar surface area (TPSA) is 92.1 Å². The fourth-order valence-corrected chi connectivity index (χ4v) is 4.07. The summed E-state index contributed by atoms with van der Waals surface area (Å²) in [7, 11) is 0. The van der Waals surface area contributed by atoms with E-state index in [0.717, 1.165) is 22.8 Å². The quantitative estimate of drug-likeness (QED) is 0.515. The summed E-state index contributed by atoms with van der Waals surface area (Å²) in [5, 5.41) is 15.5. The number of benzene rings is 1. The van der Waals surface area contributed by atoms with E-state index >= 15 is 0 Å². The van der Waals surface area contributed by atoms with Crippen molar-refractivity contribution in [3.05, 3.63) is 46.7 Å². The maximum absolute atomic E-state index is 12.6. The minimum absolute atomic E-state index is 0.0842. The fourth-order valence-electron chi connectivity index (χ4n) is 2.47. The van der Waals surface area contributed by atoms with Crippen LogP contribution in [0.2, 0.25) is 0 Å². The minimum atomic E-state index is -0.573. The molecule has 1 aromatic heterocycles. The first-order valence-corrected chi connectivity index (χ1v) is 11.0. The minimum Gasteiger partial charge on any atom is -0.494 e. The van der Waals surface area contributed by atoms with Gasteiger partial charge in [0, 0.05) is 12.1 Å². The van der Waals surface area contributed by atoms with Gasteiger partial charge in [0.25, 0.3) is 0 Å². The first kappa shape index (κ1) is 21.1. The number of amidine groups is 1. The van der Waals surface area contributed by atoms with Crippen molar-refractivity contribution in [3.63, 3.8) is 0 Å². The molecule has 1 saturated heterocycles. The molecular weight excluding hydrogens is 408 g/mol. The van der Waals surface area contributed by atoms with Crippen molar-refractivity contribution in [2.45, 2.75) is 31.9 Å². The van der Waals surface area contributed by atoms with Gasteiger partial charge in [0.15, 0.2) is 5.17 Å². The van der Waals surface area contributed by atoms with Crippen LogP contribution < -0.4 is 15.4 Å². The van der Waals surface area contributed by atoms with E-state index in [2.05, 4.69) is 20.8 Å². The molecule has 0 aliphatic carbocycles. The number of hydrogen-bond acceptors (Lipinski definition) is 7. The third-order valence-corrected chi connectivity index (χ3v) is 5.98. The first-order valence-electron chi connectivity index (χ1n) is 9.21. The smallest absolute Gasteiger partial charge is 0.238 e. The molecule has 3 rings (SSSR count). The van der Waals surface area contributed by atoms with Crippen LogP contribution in [0.1, 0.15) is 31.6 Å². The number of carbonyl (C=O) groups excluding carboxylic acids is 2. The highest BCUT2D eigenvalue weighted by Crippen LogP contribution is 2.23. The molecule has 29 heavy (non-hydrogen) atoms. The molecule has 7 nitrogen and oxygen atoms in total. The Labute approximate surface area is 177 Å². The Bertz CT molecular complexity index is 908. The number of hydrogen-bond donors (Lipinski definition) is 2. The molecule has 1 aliphatic heterocycles. The fraction of sp³-hybridized carbons (Fsp3) is 0.300. The molecule has 0 saturated carbocycles. The Hall–Kier alpha value is -2.65. The van der Waals surface area contributed by atoms with Crippen molar-refractivity contribution >= 4 is 51.5 Å². The first-order chi connectivity index (χ1) is 14.0. The molecule has 152 valence electrons. The van der Waals surface area contributed by atoms with E-state index in [1.165, 1.54) is 11.8 Å². The van der Waals surface area contributed by atoms with Gasteiger partial charge in [0.05, 0.1) is 17.2 Å². The van der Waals surface area contributed by atoms with Gasteiger partial charge in [-0.15, -0.1) is 16.4 Å². The summed E-state index contributed by atoms with van der Waals surface area (Å²) in [5.74, 6) is 0.248. The van der Waals surface area contributed by atoms with Crippen LogP contribution in [-0.2, 0) is 9.59 Å². The van der Waals surface area contributed by atoms with Crippen LogP contribution in [0.5, 0.6) is 5.75 Å². The number of rotatable bonds is 7. The van der Waals surface area contributed by atoms with Crippen LogP contribution in [0, 0.1) is 0 Å². The normalized spacial score (nSPS) is 18.4. The predicted octanol–water partition coefficient (Wildman–Crippen LogP) is 3.88. The van der Waals surface area contributed by atoms with Gasteiger partial charge in [-0.25, -0.2) is 0 Å². The zero-order valence-electron chi connectivity index (χ0n) is 16.2. The highest BCUT2D eigenvalue weighted by atomic mass is 32.2. The van der Waals surface area contributed by atoms with Crippen molar-refractivity contribution in [1.29, 1.82) is 0 Å². The Morgan fingerprint density at radius 1 is 1.31 bits per heavy atom. The standard InChI is InChI=1S/C20H22N4O3S2/c1-3-10-27-15-8-6-14(7-9-15)21-19(26)17-12-18(25)22-20(29-17)24-23-13(2)16-5-4-11-28-16/h4-9,11,17H,3,10,12H2,1-2H3,(H,21,26)(H,22,24,25)/b23-13-/t17-/m0/s1. The maximum Gasteiger partial charge on any atom is 0.238 e. The summed E-state index contributed by atoms with van der Waals surface area (Å²) in [4.78, 5) is 25.6. The summed E-state index contributed by atoms with van der Waals surface area (Å²) in [6, 6.07) is 11.1. The molecule has 1 aromatic carbocycles. The van der Waals surface area contributed by atoms with E-state index in [0.29, 0.717) is 17.5 Å². The zero-order chi connectivity index (χ0) is 20.6. The van der Waals surface area contributed by atoms with Gasteiger partial charge in [0.2, 0.25) is 11.8 Å². The van der Waals surface area contributed by atoms with Gasteiger partial charge in [0.1, 0.15) is 11.0 Å². The molecule has 2 N–H and O–H groups in total. The van der Waals surface area contributed by atoms with Gasteiger partial charge in [-0.2, -0.15) is 5.10 Å². The molecule has 0 radical (unpaired) electrons. The Balaban J connectivity index is 1.62. The lowest BCUT2D eigenvalue weighted by molar-refractivity contribution is -0.123. The maximum atomic E-state index is 12.6. The van der Waals surface area contributed by atoms with Crippen LogP contribution >= 0.6 is 23.1 Å². The average molecular weight is 431 g/mol. The van der Waals surface area contributed by atoms with E-state index in [9.17, 15) is 9.59 Å². The molecular formula is C20H22N4O3S2. The molecule has 1 atom stereocenters. The van der Waals surface area contributed by atoms with E-state index in [1.807, 2.05) is 31.4 Å². The molecule has 2 aromatic rings. The summed E-state index contributed by atoms with van der Waals surface area (Å²) in [6.07, 6.45) is 1.01. The molecule has 0 spiro atoms. The van der Waals surface area contributed by atoms with Gasteiger partial charge in [-0.05, 0) is 49.1 Å². The van der Waals surface area contributed by atoms with Crippen molar-refractivity contribution < 1.29 is 14.3 Å². The molecule has 2 amide bonds. The highest BCUT2D eigenvalue weighted by molar-refractivity contribution is 8.15.